The first kappa shape index (κ1) is 17.2. The molecule has 0 unspecified atom stereocenters. The van der Waals surface area contributed by atoms with Crippen LogP contribution in [-0.2, 0) is 9.53 Å². The highest BCUT2D eigenvalue weighted by molar-refractivity contribution is 6.31. The summed E-state index contributed by atoms with van der Waals surface area (Å²) in [5.41, 5.74) is 7.32. The molecule has 1 aliphatic rings. The zero-order valence-corrected chi connectivity index (χ0v) is 13.2. The highest BCUT2D eigenvalue weighted by Crippen LogP contribution is 2.26. The number of halogens is 2. The second-order valence-corrected chi connectivity index (χ2v) is 5.30. The zero-order chi connectivity index (χ0) is 14.0. The first-order valence-corrected chi connectivity index (χ1v) is 6.80. The van der Waals surface area contributed by atoms with E-state index in [1.807, 2.05) is 19.1 Å². The van der Waals surface area contributed by atoms with Crippen LogP contribution in [0.2, 0.25) is 5.02 Å². The number of hydrogen-bond acceptors (Lipinski definition) is 3. The lowest BCUT2D eigenvalue weighted by molar-refractivity contribution is -0.128. The Morgan fingerprint density at radius 2 is 2.20 bits per heavy atom. The van der Waals surface area contributed by atoms with E-state index in [4.69, 9.17) is 22.1 Å². The molecule has 4 nitrogen and oxygen atoms in total. The van der Waals surface area contributed by atoms with Gasteiger partial charge in [0.15, 0.2) is 0 Å². The van der Waals surface area contributed by atoms with Crippen molar-refractivity contribution >= 4 is 35.6 Å². The summed E-state index contributed by atoms with van der Waals surface area (Å²) in [6.07, 6.45) is 1.18. The molecule has 0 saturated carbocycles. The second kappa shape index (κ2) is 7.27. The number of aryl methyl sites for hydroxylation is 1. The molecule has 1 amide bonds. The molecule has 0 bridgehead atoms. The Morgan fingerprint density at radius 3 is 2.75 bits per heavy atom. The van der Waals surface area contributed by atoms with Gasteiger partial charge in [0.25, 0.3) is 5.91 Å². The van der Waals surface area contributed by atoms with Crippen molar-refractivity contribution < 1.29 is 9.53 Å². The van der Waals surface area contributed by atoms with Crippen molar-refractivity contribution in [1.82, 2.24) is 0 Å². The van der Waals surface area contributed by atoms with E-state index < -0.39 is 6.10 Å². The van der Waals surface area contributed by atoms with Gasteiger partial charge in [-0.15, -0.1) is 12.4 Å². The predicted octanol–water partition coefficient (Wildman–Crippen LogP) is 2.54. The van der Waals surface area contributed by atoms with E-state index in [0.717, 1.165) is 24.1 Å². The minimum atomic E-state index is -0.390. The van der Waals surface area contributed by atoms with Gasteiger partial charge >= 0.3 is 0 Å². The fourth-order valence-electron chi connectivity index (χ4n) is 2.19. The number of rotatable bonds is 3. The van der Waals surface area contributed by atoms with Crippen LogP contribution in [0.4, 0.5) is 5.69 Å². The molecule has 1 heterocycles. The summed E-state index contributed by atoms with van der Waals surface area (Å²) in [5, 5.41) is 0.657. The fraction of sp³-hybridized carbons (Fsp3) is 0.500. The Kier molecular flexibility index (Phi) is 6.27. The van der Waals surface area contributed by atoms with Crippen molar-refractivity contribution in [3.8, 4) is 0 Å². The molecule has 1 saturated heterocycles. The molecule has 1 aromatic rings. The Morgan fingerprint density at radius 1 is 1.50 bits per heavy atom. The molecule has 112 valence electrons. The van der Waals surface area contributed by atoms with Crippen molar-refractivity contribution in [3.63, 3.8) is 0 Å². The lowest BCUT2D eigenvalue weighted by atomic mass is 10.1. The maximum atomic E-state index is 12.3. The van der Waals surface area contributed by atoms with Crippen LogP contribution in [0.3, 0.4) is 0 Å². The van der Waals surface area contributed by atoms with Crippen LogP contribution in [0.25, 0.3) is 0 Å². The number of amides is 1. The average molecular weight is 319 g/mol. The van der Waals surface area contributed by atoms with Gasteiger partial charge in [-0.25, -0.2) is 0 Å². The van der Waals surface area contributed by atoms with Crippen LogP contribution < -0.4 is 10.6 Å². The summed E-state index contributed by atoms with van der Waals surface area (Å²) in [7, 11) is 1.74. The van der Waals surface area contributed by atoms with Crippen LogP contribution in [0.15, 0.2) is 18.2 Å². The van der Waals surface area contributed by atoms with E-state index >= 15 is 0 Å². The molecule has 1 aromatic carbocycles. The minimum absolute atomic E-state index is 0. The van der Waals surface area contributed by atoms with Crippen molar-refractivity contribution in [2.24, 2.45) is 5.73 Å². The predicted molar refractivity (Wildman–Crippen MR) is 83.8 cm³/mol. The Hall–Kier alpha value is -0.810. The summed E-state index contributed by atoms with van der Waals surface area (Å²) in [6.45, 7) is 2.39. The van der Waals surface area contributed by atoms with Crippen LogP contribution in [0.5, 0.6) is 0 Å². The van der Waals surface area contributed by atoms with E-state index in [1.54, 1.807) is 18.0 Å². The van der Waals surface area contributed by atoms with Gasteiger partial charge in [-0.1, -0.05) is 17.7 Å². The van der Waals surface area contributed by atoms with Crippen molar-refractivity contribution in [2.45, 2.75) is 32.0 Å². The molecule has 2 rings (SSSR count). The summed E-state index contributed by atoms with van der Waals surface area (Å²) >= 11 is 6.08. The number of carbonyl (C=O) groups excluding carboxylic acids is 1. The Balaban J connectivity index is 0.00000200. The third-order valence-electron chi connectivity index (χ3n) is 3.52. The number of nitrogens with zero attached hydrogens (tertiary/aromatic N) is 1. The SMILES string of the molecule is Cc1ccc(N(C)C(=O)[C@@H]2CC[C@H](CN)O2)cc1Cl.Cl. The largest absolute Gasteiger partial charge is 0.364 e. The lowest BCUT2D eigenvalue weighted by Crippen LogP contribution is -2.37. The second-order valence-electron chi connectivity index (χ2n) is 4.89. The van der Waals surface area contributed by atoms with Crippen molar-refractivity contribution in [3.05, 3.63) is 28.8 Å². The maximum Gasteiger partial charge on any atom is 0.255 e. The highest BCUT2D eigenvalue weighted by atomic mass is 35.5. The van der Waals surface area contributed by atoms with Crippen molar-refractivity contribution in [2.75, 3.05) is 18.5 Å². The molecule has 1 fully saturated rings. The van der Waals surface area contributed by atoms with Gasteiger partial charge in [-0.3, -0.25) is 4.79 Å². The van der Waals surface area contributed by atoms with E-state index in [2.05, 4.69) is 0 Å². The zero-order valence-electron chi connectivity index (χ0n) is 11.6. The van der Waals surface area contributed by atoms with Crippen molar-refractivity contribution in [1.29, 1.82) is 0 Å². The molecule has 0 spiro atoms. The maximum absolute atomic E-state index is 12.3. The van der Waals surface area contributed by atoms with Gasteiger partial charge in [-0.2, -0.15) is 0 Å². The Labute approximate surface area is 130 Å². The quantitative estimate of drug-likeness (QED) is 0.931. The van der Waals surface area contributed by atoms with Crippen LogP contribution in [-0.4, -0.2) is 31.7 Å². The molecule has 2 N–H and O–H groups in total. The number of likely N-dealkylation sites (N-methyl/N-ethyl adjacent to an activating group) is 1. The number of carbonyl (C=O) groups is 1. The molecule has 20 heavy (non-hydrogen) atoms. The topological polar surface area (TPSA) is 55.6 Å². The number of anilines is 1. The third kappa shape index (κ3) is 3.64. The van der Waals surface area contributed by atoms with E-state index in [0.29, 0.717) is 11.6 Å². The van der Waals surface area contributed by atoms with Crippen LogP contribution >= 0.6 is 24.0 Å². The standard InChI is InChI=1S/C14H19ClN2O2.ClH/c1-9-3-4-10(7-12(9)15)17(2)14(18)13-6-5-11(8-16)19-13;/h3-4,7,11,13H,5-6,8,16H2,1-2H3;1H/t11-,13+;/m1./s1. The van der Waals surface area contributed by atoms with Gasteiger partial charge < -0.3 is 15.4 Å². The lowest BCUT2D eigenvalue weighted by Gasteiger charge is -2.22. The van der Waals surface area contributed by atoms with Gasteiger partial charge in [-0.05, 0) is 37.5 Å². The number of hydrogen-bond donors (Lipinski definition) is 1. The molecule has 0 aliphatic carbocycles. The third-order valence-corrected chi connectivity index (χ3v) is 3.93. The van der Waals surface area contributed by atoms with Gasteiger partial charge in [0.1, 0.15) is 6.10 Å². The van der Waals surface area contributed by atoms with E-state index in [1.165, 1.54) is 0 Å². The van der Waals surface area contributed by atoms with E-state index in [-0.39, 0.29) is 24.4 Å². The molecule has 2 atom stereocenters. The number of ether oxygens (including phenoxy) is 1. The summed E-state index contributed by atoms with van der Waals surface area (Å²) in [4.78, 5) is 13.9. The Bertz CT molecular complexity index is 482. The van der Waals surface area contributed by atoms with E-state index in [9.17, 15) is 4.79 Å². The first-order valence-electron chi connectivity index (χ1n) is 6.42. The van der Waals surface area contributed by atoms with Gasteiger partial charge in [0.2, 0.25) is 0 Å². The molecule has 6 heteroatoms. The molecular weight excluding hydrogens is 299 g/mol. The normalized spacial score (nSPS) is 21.4. The summed E-state index contributed by atoms with van der Waals surface area (Å²) in [5.74, 6) is -0.0455. The van der Waals surface area contributed by atoms with Gasteiger partial charge in [0.05, 0.1) is 6.10 Å². The smallest absolute Gasteiger partial charge is 0.255 e. The molecular formula is C14H20Cl2N2O2. The molecule has 0 aromatic heterocycles. The summed E-state index contributed by atoms with van der Waals surface area (Å²) < 4.78 is 5.62. The number of nitrogens with two attached hydrogens (primary N) is 1. The molecule has 0 radical (unpaired) electrons. The fourth-order valence-corrected chi connectivity index (χ4v) is 2.37. The van der Waals surface area contributed by atoms with Crippen LogP contribution in [0.1, 0.15) is 18.4 Å². The monoisotopic (exact) mass is 318 g/mol. The number of benzene rings is 1. The summed E-state index contributed by atoms with van der Waals surface area (Å²) in [6, 6.07) is 5.58. The highest BCUT2D eigenvalue weighted by Gasteiger charge is 2.32. The first-order chi connectivity index (χ1) is 9.02. The average Bonchev–Trinajstić information content (AvgIpc) is 2.89. The van der Waals surface area contributed by atoms with Gasteiger partial charge in [0, 0.05) is 24.3 Å². The van der Waals surface area contributed by atoms with Crippen LogP contribution in [0, 0.1) is 6.92 Å². The minimum Gasteiger partial charge on any atom is -0.364 e. The molecule has 1 aliphatic heterocycles.